The molecule has 0 heterocycles. The first-order chi connectivity index (χ1) is 7.63. The van der Waals surface area contributed by atoms with E-state index in [0.717, 1.165) is 24.1 Å². The molecule has 0 bridgehead atoms. The van der Waals surface area contributed by atoms with E-state index in [2.05, 4.69) is 5.32 Å². The van der Waals surface area contributed by atoms with Gasteiger partial charge in [0.15, 0.2) is 0 Å². The summed E-state index contributed by atoms with van der Waals surface area (Å²) in [6.45, 7) is 1.77. The number of carboxylic acid groups (broad SMARTS) is 1. The molecule has 1 atom stereocenters. The van der Waals surface area contributed by atoms with Crippen molar-refractivity contribution >= 4 is 11.7 Å². The number of aliphatic hydroxyl groups is 1. The molecule has 0 fully saturated rings. The van der Waals surface area contributed by atoms with Crippen LogP contribution < -0.4 is 5.32 Å². The van der Waals surface area contributed by atoms with Gasteiger partial charge in [-0.15, -0.1) is 0 Å². The van der Waals surface area contributed by atoms with Gasteiger partial charge in [-0.2, -0.15) is 0 Å². The van der Waals surface area contributed by atoms with Crippen molar-refractivity contribution in [1.82, 2.24) is 0 Å². The van der Waals surface area contributed by atoms with E-state index in [1.807, 2.05) is 24.3 Å². The molecule has 4 nitrogen and oxygen atoms in total. The van der Waals surface area contributed by atoms with Crippen molar-refractivity contribution in [3.8, 4) is 0 Å². The van der Waals surface area contributed by atoms with Crippen LogP contribution >= 0.6 is 0 Å². The minimum Gasteiger partial charge on any atom is -0.480 e. The van der Waals surface area contributed by atoms with Crippen LogP contribution in [0.15, 0.2) is 24.3 Å². The second-order valence-electron chi connectivity index (χ2n) is 3.73. The largest absolute Gasteiger partial charge is 0.480 e. The van der Waals surface area contributed by atoms with Crippen molar-refractivity contribution in [2.45, 2.75) is 25.8 Å². The molecule has 0 saturated carbocycles. The smallest absolute Gasteiger partial charge is 0.325 e. The third-order valence-electron chi connectivity index (χ3n) is 2.30. The van der Waals surface area contributed by atoms with Gasteiger partial charge in [-0.05, 0) is 37.5 Å². The van der Waals surface area contributed by atoms with Crippen LogP contribution in [0.5, 0.6) is 0 Å². The van der Waals surface area contributed by atoms with Gasteiger partial charge < -0.3 is 15.5 Å². The van der Waals surface area contributed by atoms with E-state index < -0.39 is 12.0 Å². The highest BCUT2D eigenvalue weighted by Gasteiger charge is 2.09. The van der Waals surface area contributed by atoms with E-state index in [1.165, 1.54) is 0 Å². The van der Waals surface area contributed by atoms with Gasteiger partial charge in [-0.25, -0.2) is 0 Å². The number of carboxylic acids is 1. The number of hydrogen-bond acceptors (Lipinski definition) is 3. The Balaban J connectivity index is 2.63. The lowest BCUT2D eigenvalue weighted by Gasteiger charge is -2.11. The molecule has 0 radical (unpaired) electrons. The highest BCUT2D eigenvalue weighted by Crippen LogP contribution is 2.13. The SMILES string of the molecule is CC(Nc1cccc(CCCO)c1)C(=O)O. The molecule has 0 amide bonds. The summed E-state index contributed by atoms with van der Waals surface area (Å²) in [4.78, 5) is 10.7. The third-order valence-corrected chi connectivity index (χ3v) is 2.30. The summed E-state index contributed by atoms with van der Waals surface area (Å²) in [5.74, 6) is -0.874. The van der Waals surface area contributed by atoms with Gasteiger partial charge in [-0.3, -0.25) is 4.79 Å². The number of carbonyl (C=O) groups is 1. The fourth-order valence-corrected chi connectivity index (χ4v) is 1.41. The number of rotatable bonds is 6. The Labute approximate surface area is 94.9 Å². The molecule has 1 aromatic rings. The Kier molecular flexibility index (Phi) is 4.79. The first kappa shape index (κ1) is 12.5. The molecule has 1 aromatic carbocycles. The molecule has 0 saturated heterocycles. The number of aliphatic hydroxyl groups excluding tert-OH is 1. The minimum absolute atomic E-state index is 0.170. The molecule has 0 aromatic heterocycles. The second kappa shape index (κ2) is 6.12. The molecule has 1 unspecified atom stereocenters. The number of aryl methyl sites for hydroxylation is 1. The van der Waals surface area contributed by atoms with Crippen molar-refractivity contribution in [3.05, 3.63) is 29.8 Å². The summed E-state index contributed by atoms with van der Waals surface area (Å²) in [5, 5.41) is 20.4. The maximum atomic E-state index is 10.7. The predicted octanol–water partition coefficient (Wildman–Crippen LogP) is 1.50. The maximum absolute atomic E-state index is 10.7. The fourth-order valence-electron chi connectivity index (χ4n) is 1.41. The zero-order valence-corrected chi connectivity index (χ0v) is 9.31. The quantitative estimate of drug-likeness (QED) is 0.683. The van der Waals surface area contributed by atoms with Crippen LogP contribution in [0.1, 0.15) is 18.9 Å². The Bertz CT molecular complexity index is 352. The lowest BCUT2D eigenvalue weighted by atomic mass is 10.1. The number of hydrogen-bond donors (Lipinski definition) is 3. The van der Waals surface area contributed by atoms with E-state index in [1.54, 1.807) is 6.92 Å². The van der Waals surface area contributed by atoms with Crippen molar-refractivity contribution in [1.29, 1.82) is 0 Å². The van der Waals surface area contributed by atoms with E-state index >= 15 is 0 Å². The highest BCUT2D eigenvalue weighted by molar-refractivity contribution is 5.76. The maximum Gasteiger partial charge on any atom is 0.325 e. The Morgan fingerprint density at radius 2 is 2.25 bits per heavy atom. The van der Waals surface area contributed by atoms with Crippen molar-refractivity contribution in [2.24, 2.45) is 0 Å². The third kappa shape index (κ3) is 3.90. The first-order valence-corrected chi connectivity index (χ1v) is 5.32. The molecule has 88 valence electrons. The summed E-state index contributed by atoms with van der Waals surface area (Å²) in [7, 11) is 0. The summed E-state index contributed by atoms with van der Waals surface area (Å²) < 4.78 is 0. The van der Waals surface area contributed by atoms with Crippen LogP contribution in [0.2, 0.25) is 0 Å². The zero-order valence-electron chi connectivity index (χ0n) is 9.31. The topological polar surface area (TPSA) is 69.6 Å². The van der Waals surface area contributed by atoms with Crippen molar-refractivity contribution < 1.29 is 15.0 Å². The average molecular weight is 223 g/mol. The van der Waals surface area contributed by atoms with Gasteiger partial charge in [0, 0.05) is 12.3 Å². The van der Waals surface area contributed by atoms with Gasteiger partial charge in [0.2, 0.25) is 0 Å². The van der Waals surface area contributed by atoms with E-state index in [-0.39, 0.29) is 6.61 Å². The Morgan fingerprint density at radius 3 is 2.88 bits per heavy atom. The lowest BCUT2D eigenvalue weighted by Crippen LogP contribution is -2.25. The normalized spacial score (nSPS) is 12.1. The molecule has 3 N–H and O–H groups in total. The van der Waals surface area contributed by atoms with Gasteiger partial charge >= 0.3 is 5.97 Å². The van der Waals surface area contributed by atoms with Crippen molar-refractivity contribution in [3.63, 3.8) is 0 Å². The number of anilines is 1. The van der Waals surface area contributed by atoms with Gasteiger partial charge in [-0.1, -0.05) is 12.1 Å². The number of aliphatic carboxylic acids is 1. The Hall–Kier alpha value is -1.55. The molecular formula is C12H17NO3. The Morgan fingerprint density at radius 1 is 1.50 bits per heavy atom. The molecule has 16 heavy (non-hydrogen) atoms. The van der Waals surface area contributed by atoms with Crippen LogP contribution in [-0.2, 0) is 11.2 Å². The van der Waals surface area contributed by atoms with Gasteiger partial charge in [0.25, 0.3) is 0 Å². The molecule has 4 heteroatoms. The molecule has 0 aliphatic rings. The van der Waals surface area contributed by atoms with Crippen LogP contribution in [0.4, 0.5) is 5.69 Å². The van der Waals surface area contributed by atoms with Crippen LogP contribution in [0.3, 0.4) is 0 Å². The molecule has 0 aliphatic heterocycles. The van der Waals surface area contributed by atoms with Crippen LogP contribution in [0, 0.1) is 0 Å². The van der Waals surface area contributed by atoms with Gasteiger partial charge in [0.1, 0.15) is 6.04 Å². The van der Waals surface area contributed by atoms with E-state index in [0.29, 0.717) is 0 Å². The number of nitrogens with one attached hydrogen (secondary N) is 1. The predicted molar refractivity (Wildman–Crippen MR) is 62.6 cm³/mol. The minimum atomic E-state index is -0.874. The second-order valence-corrected chi connectivity index (χ2v) is 3.73. The first-order valence-electron chi connectivity index (χ1n) is 5.32. The van der Waals surface area contributed by atoms with Crippen LogP contribution in [-0.4, -0.2) is 28.8 Å². The zero-order chi connectivity index (χ0) is 12.0. The summed E-state index contributed by atoms with van der Waals surface area (Å²) in [5.41, 5.74) is 1.89. The molecule has 1 rings (SSSR count). The standard InChI is InChI=1S/C12H17NO3/c1-9(12(15)16)13-11-6-2-4-10(8-11)5-3-7-14/h2,4,6,8-9,13-14H,3,5,7H2,1H3,(H,15,16). The fraction of sp³-hybridized carbons (Fsp3) is 0.417. The highest BCUT2D eigenvalue weighted by atomic mass is 16.4. The summed E-state index contributed by atoms with van der Waals surface area (Å²) in [6, 6.07) is 6.99. The average Bonchev–Trinajstić information content (AvgIpc) is 2.26. The van der Waals surface area contributed by atoms with Crippen LogP contribution in [0.25, 0.3) is 0 Å². The summed E-state index contributed by atoms with van der Waals surface area (Å²) in [6.07, 6.45) is 1.52. The summed E-state index contributed by atoms with van der Waals surface area (Å²) >= 11 is 0. The lowest BCUT2D eigenvalue weighted by molar-refractivity contribution is -0.137. The van der Waals surface area contributed by atoms with Crippen molar-refractivity contribution in [2.75, 3.05) is 11.9 Å². The molecule has 0 spiro atoms. The van der Waals surface area contributed by atoms with Gasteiger partial charge in [0.05, 0.1) is 0 Å². The van der Waals surface area contributed by atoms with E-state index in [4.69, 9.17) is 10.2 Å². The molecular weight excluding hydrogens is 206 g/mol. The monoisotopic (exact) mass is 223 g/mol. The van der Waals surface area contributed by atoms with E-state index in [9.17, 15) is 4.79 Å². The number of benzene rings is 1. The molecule has 0 aliphatic carbocycles.